The summed E-state index contributed by atoms with van der Waals surface area (Å²) in [5.74, 6) is 0. The summed E-state index contributed by atoms with van der Waals surface area (Å²) in [6.45, 7) is 5.39. The molecule has 6 nitrogen and oxygen atoms in total. The van der Waals surface area contributed by atoms with Gasteiger partial charge in [0.15, 0.2) is 0 Å². The molecule has 0 saturated carbocycles. The summed E-state index contributed by atoms with van der Waals surface area (Å²) in [5, 5.41) is 12.1. The first-order valence-electron chi connectivity index (χ1n) is 6.32. The molecule has 1 rings (SSSR count). The highest BCUT2D eigenvalue weighted by molar-refractivity contribution is 5.86. The van der Waals surface area contributed by atoms with Crippen molar-refractivity contribution in [2.45, 2.75) is 26.4 Å². The van der Waals surface area contributed by atoms with Gasteiger partial charge in [0.05, 0.1) is 6.54 Å². The van der Waals surface area contributed by atoms with Crippen molar-refractivity contribution < 1.29 is 19.4 Å². The number of hydrogen-bond donors (Lipinski definition) is 2. The zero-order chi connectivity index (χ0) is 15.2. The van der Waals surface area contributed by atoms with Gasteiger partial charge in [0.1, 0.15) is 5.60 Å². The molecule has 20 heavy (non-hydrogen) atoms. The maximum Gasteiger partial charge on any atom is 0.419 e. The number of carbonyl (C=O) groups is 2. The molecule has 0 fully saturated rings. The SMILES string of the molecule is CC(C)(C)OC(=O)N(CCNc1ccccc1)C(=O)O. The van der Waals surface area contributed by atoms with Crippen LogP contribution in [-0.2, 0) is 4.74 Å². The number of rotatable bonds is 4. The molecular weight excluding hydrogens is 260 g/mol. The van der Waals surface area contributed by atoms with E-state index in [1.807, 2.05) is 30.3 Å². The van der Waals surface area contributed by atoms with Crippen LogP contribution in [0.25, 0.3) is 0 Å². The van der Waals surface area contributed by atoms with Gasteiger partial charge in [-0.25, -0.2) is 14.5 Å². The first-order chi connectivity index (χ1) is 9.29. The molecule has 1 aromatic rings. The Morgan fingerprint density at radius 3 is 2.35 bits per heavy atom. The second-order valence-corrected chi connectivity index (χ2v) is 5.21. The highest BCUT2D eigenvalue weighted by Gasteiger charge is 2.26. The minimum atomic E-state index is -1.32. The molecule has 0 aliphatic heterocycles. The minimum absolute atomic E-state index is 0.0130. The Kier molecular flexibility index (Phi) is 5.37. The van der Waals surface area contributed by atoms with Crippen LogP contribution in [-0.4, -0.2) is 40.9 Å². The van der Waals surface area contributed by atoms with Crippen molar-refractivity contribution in [2.75, 3.05) is 18.4 Å². The van der Waals surface area contributed by atoms with E-state index in [0.717, 1.165) is 5.69 Å². The van der Waals surface area contributed by atoms with E-state index in [1.54, 1.807) is 20.8 Å². The molecule has 0 unspecified atom stereocenters. The fourth-order valence-corrected chi connectivity index (χ4v) is 1.45. The molecule has 2 amide bonds. The Morgan fingerprint density at radius 1 is 1.25 bits per heavy atom. The maximum absolute atomic E-state index is 11.7. The molecule has 110 valence electrons. The van der Waals surface area contributed by atoms with Gasteiger partial charge in [0, 0.05) is 12.2 Å². The number of nitrogens with one attached hydrogen (secondary N) is 1. The van der Waals surface area contributed by atoms with Crippen molar-refractivity contribution >= 4 is 17.9 Å². The highest BCUT2D eigenvalue weighted by atomic mass is 16.6. The highest BCUT2D eigenvalue weighted by Crippen LogP contribution is 2.10. The molecule has 2 N–H and O–H groups in total. The van der Waals surface area contributed by atoms with E-state index < -0.39 is 17.8 Å². The number of nitrogens with zero attached hydrogens (tertiary/aromatic N) is 1. The summed E-state index contributed by atoms with van der Waals surface area (Å²) in [6, 6.07) is 9.34. The van der Waals surface area contributed by atoms with E-state index in [1.165, 1.54) is 0 Å². The van der Waals surface area contributed by atoms with Crippen molar-refractivity contribution in [1.29, 1.82) is 0 Å². The minimum Gasteiger partial charge on any atom is -0.465 e. The summed E-state index contributed by atoms with van der Waals surface area (Å²) in [6.07, 6.45) is -2.19. The monoisotopic (exact) mass is 280 g/mol. The largest absolute Gasteiger partial charge is 0.465 e. The summed E-state index contributed by atoms with van der Waals surface area (Å²) in [5.41, 5.74) is 0.138. The van der Waals surface area contributed by atoms with Gasteiger partial charge in [-0.05, 0) is 32.9 Å². The van der Waals surface area contributed by atoms with Crippen LogP contribution in [0.2, 0.25) is 0 Å². The Hall–Kier alpha value is -2.24. The summed E-state index contributed by atoms with van der Waals surface area (Å²) in [4.78, 5) is 23.5. The van der Waals surface area contributed by atoms with Crippen LogP contribution >= 0.6 is 0 Å². The standard InChI is InChI=1S/C14H20N2O4/c1-14(2,3)20-13(19)16(12(17)18)10-9-15-11-7-5-4-6-8-11/h4-8,15H,9-10H2,1-3H3,(H,17,18). The summed E-state index contributed by atoms with van der Waals surface area (Å²) >= 11 is 0. The molecule has 0 aliphatic carbocycles. The van der Waals surface area contributed by atoms with E-state index >= 15 is 0 Å². The van der Waals surface area contributed by atoms with E-state index in [0.29, 0.717) is 11.4 Å². The maximum atomic E-state index is 11.7. The van der Waals surface area contributed by atoms with Gasteiger partial charge in [0.2, 0.25) is 0 Å². The predicted octanol–water partition coefficient (Wildman–Crippen LogP) is 3.01. The summed E-state index contributed by atoms with van der Waals surface area (Å²) in [7, 11) is 0. The fourth-order valence-electron chi connectivity index (χ4n) is 1.45. The topological polar surface area (TPSA) is 78.9 Å². The normalized spacial score (nSPS) is 10.8. The second kappa shape index (κ2) is 6.79. The number of hydrogen-bond acceptors (Lipinski definition) is 4. The lowest BCUT2D eigenvalue weighted by atomic mass is 10.2. The summed E-state index contributed by atoms with van der Waals surface area (Å²) < 4.78 is 5.04. The van der Waals surface area contributed by atoms with Gasteiger partial charge >= 0.3 is 12.2 Å². The van der Waals surface area contributed by atoms with Crippen molar-refractivity contribution in [2.24, 2.45) is 0 Å². The number of carbonyl (C=O) groups excluding carboxylic acids is 1. The smallest absolute Gasteiger partial charge is 0.419 e. The first kappa shape index (κ1) is 15.8. The van der Waals surface area contributed by atoms with Gasteiger partial charge < -0.3 is 15.2 Å². The second-order valence-electron chi connectivity index (χ2n) is 5.21. The third kappa shape index (κ3) is 5.60. The van der Waals surface area contributed by atoms with Gasteiger partial charge in [0.25, 0.3) is 0 Å². The molecular formula is C14H20N2O4. The van der Waals surface area contributed by atoms with Crippen molar-refractivity contribution in [3.8, 4) is 0 Å². The molecule has 0 bridgehead atoms. The van der Waals surface area contributed by atoms with Crippen LogP contribution in [0.3, 0.4) is 0 Å². The average Bonchev–Trinajstić information content (AvgIpc) is 2.33. The zero-order valence-electron chi connectivity index (χ0n) is 11.9. The molecule has 0 atom stereocenters. The Morgan fingerprint density at radius 2 is 1.85 bits per heavy atom. The Labute approximate surface area is 118 Å². The third-order valence-electron chi connectivity index (χ3n) is 2.28. The zero-order valence-corrected chi connectivity index (χ0v) is 11.9. The van der Waals surface area contributed by atoms with Crippen LogP contribution in [0.1, 0.15) is 20.8 Å². The fraction of sp³-hybridized carbons (Fsp3) is 0.429. The van der Waals surface area contributed by atoms with Gasteiger partial charge in [-0.3, -0.25) is 0 Å². The lowest BCUT2D eigenvalue weighted by molar-refractivity contribution is 0.0277. The lowest BCUT2D eigenvalue weighted by Gasteiger charge is -2.24. The molecule has 1 aromatic carbocycles. The van der Waals surface area contributed by atoms with Gasteiger partial charge in [-0.2, -0.15) is 0 Å². The predicted molar refractivity (Wildman–Crippen MR) is 75.9 cm³/mol. The van der Waals surface area contributed by atoms with Crippen LogP contribution in [0.15, 0.2) is 30.3 Å². The Balaban J connectivity index is 2.51. The van der Waals surface area contributed by atoms with Crippen molar-refractivity contribution in [1.82, 2.24) is 4.90 Å². The quantitative estimate of drug-likeness (QED) is 0.886. The van der Waals surface area contributed by atoms with Crippen LogP contribution in [0.5, 0.6) is 0 Å². The van der Waals surface area contributed by atoms with Crippen molar-refractivity contribution in [3.05, 3.63) is 30.3 Å². The number of para-hydroxylation sites is 1. The molecule has 6 heteroatoms. The van der Waals surface area contributed by atoms with Crippen LogP contribution < -0.4 is 5.32 Å². The van der Waals surface area contributed by atoms with Crippen LogP contribution in [0.4, 0.5) is 15.3 Å². The van der Waals surface area contributed by atoms with Gasteiger partial charge in [-0.1, -0.05) is 18.2 Å². The molecule has 0 aromatic heterocycles. The number of amides is 2. The molecule has 0 radical (unpaired) electrons. The van der Waals surface area contributed by atoms with E-state index in [9.17, 15) is 9.59 Å². The lowest BCUT2D eigenvalue weighted by Crippen LogP contribution is -2.42. The van der Waals surface area contributed by atoms with E-state index in [-0.39, 0.29) is 6.54 Å². The average molecular weight is 280 g/mol. The van der Waals surface area contributed by atoms with Crippen LogP contribution in [0, 0.1) is 0 Å². The van der Waals surface area contributed by atoms with Crippen molar-refractivity contribution in [3.63, 3.8) is 0 Å². The van der Waals surface area contributed by atoms with E-state index in [2.05, 4.69) is 5.32 Å². The number of ether oxygens (including phenoxy) is 1. The molecule has 0 saturated heterocycles. The number of anilines is 1. The van der Waals surface area contributed by atoms with Gasteiger partial charge in [-0.15, -0.1) is 0 Å². The number of imide groups is 1. The number of carboxylic acid groups (broad SMARTS) is 1. The third-order valence-corrected chi connectivity index (χ3v) is 2.28. The number of benzene rings is 1. The Bertz CT molecular complexity index is 454. The molecule has 0 heterocycles. The molecule has 0 aliphatic rings. The van der Waals surface area contributed by atoms with E-state index in [4.69, 9.17) is 9.84 Å². The molecule has 0 spiro atoms. The first-order valence-corrected chi connectivity index (χ1v) is 6.32.